The SMILES string of the molecule is C#CC1=NO[C@H]([C@@H](CO)OC[C@@H](C)c2c(C)ccc(S(=O)(=O)O)c2OCc2ccccc2)C1. The van der Waals surface area contributed by atoms with E-state index in [1.807, 2.05) is 44.2 Å². The number of nitrogens with zero attached hydrogens (tertiary/aromatic N) is 1. The largest absolute Gasteiger partial charge is 0.487 e. The van der Waals surface area contributed by atoms with Gasteiger partial charge in [0.1, 0.15) is 29.1 Å². The molecule has 0 saturated carbocycles. The van der Waals surface area contributed by atoms with Crippen LogP contribution in [0.2, 0.25) is 0 Å². The number of hydrogen-bond acceptors (Lipinski definition) is 7. The molecule has 8 nitrogen and oxygen atoms in total. The number of hydrogen-bond donors (Lipinski definition) is 2. The average molecular weight is 474 g/mol. The summed E-state index contributed by atoms with van der Waals surface area (Å²) in [5.41, 5.74) is 2.66. The zero-order valence-electron chi connectivity index (χ0n) is 18.5. The minimum absolute atomic E-state index is 0.0769. The van der Waals surface area contributed by atoms with E-state index in [0.717, 1.165) is 11.1 Å². The van der Waals surface area contributed by atoms with E-state index in [1.54, 1.807) is 6.07 Å². The minimum Gasteiger partial charge on any atom is -0.487 e. The predicted octanol–water partition coefficient (Wildman–Crippen LogP) is 3.08. The van der Waals surface area contributed by atoms with Crippen molar-refractivity contribution in [3.8, 4) is 18.1 Å². The summed E-state index contributed by atoms with van der Waals surface area (Å²) in [4.78, 5) is 4.96. The zero-order chi connectivity index (χ0) is 24.0. The molecule has 2 aromatic carbocycles. The molecule has 1 heterocycles. The smallest absolute Gasteiger partial charge is 0.298 e. The van der Waals surface area contributed by atoms with E-state index in [9.17, 15) is 18.1 Å². The highest BCUT2D eigenvalue weighted by atomic mass is 32.2. The summed E-state index contributed by atoms with van der Waals surface area (Å²) in [7, 11) is -4.53. The van der Waals surface area contributed by atoms with Gasteiger partial charge in [-0.2, -0.15) is 8.42 Å². The quantitative estimate of drug-likeness (QED) is 0.403. The van der Waals surface area contributed by atoms with Crippen molar-refractivity contribution in [2.45, 2.75) is 49.9 Å². The molecule has 0 aromatic heterocycles. The number of terminal acetylenes is 1. The van der Waals surface area contributed by atoms with Crippen LogP contribution >= 0.6 is 0 Å². The van der Waals surface area contributed by atoms with Crippen LogP contribution in [-0.2, 0) is 26.3 Å². The second-order valence-electron chi connectivity index (χ2n) is 7.86. The number of aliphatic hydroxyl groups excluding tert-OH is 1. The molecule has 0 radical (unpaired) electrons. The Morgan fingerprint density at radius 2 is 2.00 bits per heavy atom. The first kappa shape index (κ1) is 24.7. The molecule has 2 N–H and O–H groups in total. The Labute approximate surface area is 193 Å². The Bertz CT molecular complexity index is 1140. The number of oxime groups is 1. The van der Waals surface area contributed by atoms with E-state index in [4.69, 9.17) is 20.7 Å². The molecule has 0 fully saturated rings. The lowest BCUT2D eigenvalue weighted by atomic mass is 9.95. The normalized spacial score (nSPS) is 17.5. The van der Waals surface area contributed by atoms with Crippen LogP contribution in [0.15, 0.2) is 52.5 Å². The Kier molecular flexibility index (Phi) is 8.10. The van der Waals surface area contributed by atoms with E-state index >= 15 is 0 Å². The Morgan fingerprint density at radius 3 is 2.61 bits per heavy atom. The molecule has 0 aliphatic carbocycles. The molecule has 0 unspecified atom stereocenters. The van der Waals surface area contributed by atoms with E-state index < -0.39 is 22.3 Å². The van der Waals surface area contributed by atoms with Crippen molar-refractivity contribution < 1.29 is 32.4 Å². The summed E-state index contributed by atoms with van der Waals surface area (Å²) in [6, 6.07) is 12.2. The van der Waals surface area contributed by atoms with Crippen molar-refractivity contribution in [3.05, 3.63) is 59.2 Å². The Balaban J connectivity index is 1.83. The number of benzene rings is 2. The van der Waals surface area contributed by atoms with Gasteiger partial charge in [-0.05, 0) is 24.1 Å². The molecule has 0 saturated heterocycles. The van der Waals surface area contributed by atoms with Gasteiger partial charge in [-0.15, -0.1) is 6.42 Å². The van der Waals surface area contributed by atoms with Crippen molar-refractivity contribution in [2.24, 2.45) is 5.16 Å². The van der Waals surface area contributed by atoms with Crippen LogP contribution < -0.4 is 4.74 Å². The van der Waals surface area contributed by atoms with E-state index in [1.165, 1.54) is 6.07 Å². The van der Waals surface area contributed by atoms with Crippen LogP contribution in [0.4, 0.5) is 0 Å². The van der Waals surface area contributed by atoms with Gasteiger partial charge in [-0.1, -0.05) is 54.4 Å². The Hall–Kier alpha value is -2.90. The van der Waals surface area contributed by atoms with Crippen LogP contribution in [0, 0.1) is 19.3 Å². The third-order valence-electron chi connectivity index (χ3n) is 5.39. The maximum atomic E-state index is 12.1. The highest BCUT2D eigenvalue weighted by Crippen LogP contribution is 2.37. The van der Waals surface area contributed by atoms with Gasteiger partial charge in [0.15, 0.2) is 6.10 Å². The standard InChI is InChI=1S/C24H27NO7S/c1-4-19-12-20(32-25-19)21(13-26)30-14-17(3)23-16(2)10-11-22(33(27,28)29)24(23)31-15-18-8-6-5-7-9-18/h1,5-11,17,20-21,26H,12-15H2,2-3H3,(H,27,28,29)/t17-,20+,21-/m1/s1. The molecule has 3 atom stereocenters. The minimum atomic E-state index is -4.53. The second-order valence-corrected chi connectivity index (χ2v) is 9.25. The molecule has 1 aliphatic rings. The van der Waals surface area contributed by atoms with Crippen LogP contribution in [0.3, 0.4) is 0 Å². The lowest BCUT2D eigenvalue weighted by Crippen LogP contribution is -2.33. The maximum Gasteiger partial charge on any atom is 0.298 e. The first-order valence-corrected chi connectivity index (χ1v) is 11.9. The molecule has 9 heteroatoms. The van der Waals surface area contributed by atoms with Gasteiger partial charge in [0.2, 0.25) is 0 Å². The molecule has 0 spiro atoms. The maximum absolute atomic E-state index is 12.1. The summed E-state index contributed by atoms with van der Waals surface area (Å²) >= 11 is 0. The molecule has 176 valence electrons. The van der Waals surface area contributed by atoms with Crippen molar-refractivity contribution >= 4 is 15.8 Å². The van der Waals surface area contributed by atoms with Gasteiger partial charge in [0.25, 0.3) is 10.1 Å². The molecule has 2 aromatic rings. The third kappa shape index (κ3) is 6.12. The van der Waals surface area contributed by atoms with Crippen LogP contribution in [0.5, 0.6) is 5.75 Å². The number of rotatable bonds is 10. The van der Waals surface area contributed by atoms with Crippen molar-refractivity contribution in [2.75, 3.05) is 13.2 Å². The van der Waals surface area contributed by atoms with E-state index in [0.29, 0.717) is 17.7 Å². The second kappa shape index (κ2) is 10.8. The van der Waals surface area contributed by atoms with Crippen molar-refractivity contribution in [3.63, 3.8) is 0 Å². The Morgan fingerprint density at radius 1 is 1.27 bits per heavy atom. The van der Waals surface area contributed by atoms with Gasteiger partial charge in [0, 0.05) is 17.9 Å². The molecule has 1 aliphatic heterocycles. The number of ether oxygens (including phenoxy) is 2. The van der Waals surface area contributed by atoms with Gasteiger partial charge in [0.05, 0.1) is 13.2 Å². The lowest BCUT2D eigenvalue weighted by molar-refractivity contribution is -0.0828. The average Bonchev–Trinajstić information content (AvgIpc) is 3.27. The monoisotopic (exact) mass is 473 g/mol. The summed E-state index contributed by atoms with van der Waals surface area (Å²) in [6.45, 7) is 3.62. The number of aliphatic hydroxyl groups is 1. The molecular weight excluding hydrogens is 446 g/mol. The summed E-state index contributed by atoms with van der Waals surface area (Å²) < 4.78 is 45.8. The van der Waals surface area contributed by atoms with Crippen molar-refractivity contribution in [1.82, 2.24) is 0 Å². The van der Waals surface area contributed by atoms with E-state index in [2.05, 4.69) is 11.1 Å². The van der Waals surface area contributed by atoms with Crippen LogP contribution in [0.25, 0.3) is 0 Å². The molecule has 0 amide bonds. The van der Waals surface area contributed by atoms with Gasteiger partial charge in [-0.3, -0.25) is 4.55 Å². The molecule has 33 heavy (non-hydrogen) atoms. The highest BCUT2D eigenvalue weighted by Gasteiger charge is 2.31. The predicted molar refractivity (Wildman–Crippen MR) is 123 cm³/mol. The fourth-order valence-electron chi connectivity index (χ4n) is 3.68. The molecular formula is C24H27NO7S. The van der Waals surface area contributed by atoms with Crippen molar-refractivity contribution in [1.29, 1.82) is 0 Å². The van der Waals surface area contributed by atoms with Gasteiger partial charge >= 0.3 is 0 Å². The van der Waals surface area contributed by atoms with Gasteiger partial charge < -0.3 is 19.4 Å². The van der Waals surface area contributed by atoms with E-state index in [-0.39, 0.29) is 36.4 Å². The fourth-order valence-corrected chi connectivity index (χ4v) is 4.33. The molecule has 0 bridgehead atoms. The first-order valence-electron chi connectivity index (χ1n) is 10.4. The first-order chi connectivity index (χ1) is 15.7. The topological polar surface area (TPSA) is 115 Å². The fraction of sp³-hybridized carbons (Fsp3) is 0.375. The zero-order valence-corrected chi connectivity index (χ0v) is 19.3. The molecule has 3 rings (SSSR count). The summed E-state index contributed by atoms with van der Waals surface area (Å²) in [6.07, 6.45) is 4.53. The van der Waals surface area contributed by atoms with Crippen LogP contribution in [-0.4, -0.2) is 49.2 Å². The highest BCUT2D eigenvalue weighted by molar-refractivity contribution is 7.86. The third-order valence-corrected chi connectivity index (χ3v) is 6.27. The number of aryl methyl sites for hydroxylation is 1. The summed E-state index contributed by atoms with van der Waals surface area (Å²) in [5, 5.41) is 13.5. The van der Waals surface area contributed by atoms with Crippen LogP contribution in [0.1, 0.15) is 36.0 Å². The lowest BCUT2D eigenvalue weighted by Gasteiger charge is -2.25. The van der Waals surface area contributed by atoms with Gasteiger partial charge in [-0.25, -0.2) is 0 Å². The summed E-state index contributed by atoms with van der Waals surface area (Å²) in [5.74, 6) is 2.16.